The summed E-state index contributed by atoms with van der Waals surface area (Å²) in [6, 6.07) is 17.3. The third kappa shape index (κ3) is 7.56. The first-order valence-electron chi connectivity index (χ1n) is 13.5. The molecule has 4 rings (SSSR count). The van der Waals surface area contributed by atoms with E-state index in [0.717, 1.165) is 24.3 Å². The highest BCUT2D eigenvalue weighted by atomic mass is 32.2. The van der Waals surface area contributed by atoms with Crippen LogP contribution in [0.3, 0.4) is 0 Å². The summed E-state index contributed by atoms with van der Waals surface area (Å²) in [5.41, 5.74) is 1.27. The molecule has 0 aliphatic carbocycles. The van der Waals surface area contributed by atoms with Crippen molar-refractivity contribution in [3.8, 4) is 5.75 Å². The van der Waals surface area contributed by atoms with Crippen molar-refractivity contribution in [1.29, 1.82) is 0 Å². The number of halogens is 1. The largest absolute Gasteiger partial charge is 0.488 e. The average molecular weight is 599 g/mol. The molecule has 1 aliphatic heterocycles. The second-order valence-corrected chi connectivity index (χ2v) is 12.1. The van der Waals surface area contributed by atoms with E-state index in [1.54, 1.807) is 37.1 Å². The van der Waals surface area contributed by atoms with Gasteiger partial charge >= 0.3 is 6.03 Å². The van der Waals surface area contributed by atoms with Crippen LogP contribution in [0.2, 0.25) is 0 Å². The Balaban J connectivity index is 1.62. The number of aliphatic hydroxyl groups excluding tert-OH is 1. The fraction of sp³-hybridized carbons (Fsp3) is 0.333. The number of carbonyl (C=O) groups is 2. The number of amides is 3. The van der Waals surface area contributed by atoms with Crippen LogP contribution in [0.25, 0.3) is 0 Å². The Kier molecular flexibility index (Phi) is 9.69. The summed E-state index contributed by atoms with van der Waals surface area (Å²) in [5.74, 6) is -0.684. The Morgan fingerprint density at radius 1 is 1.12 bits per heavy atom. The number of hydrogen-bond acceptors (Lipinski definition) is 6. The highest BCUT2D eigenvalue weighted by Gasteiger charge is 2.32. The van der Waals surface area contributed by atoms with Gasteiger partial charge in [-0.25, -0.2) is 17.6 Å². The van der Waals surface area contributed by atoms with Gasteiger partial charge in [-0.2, -0.15) is 0 Å². The summed E-state index contributed by atoms with van der Waals surface area (Å²) < 4.78 is 48.0. The van der Waals surface area contributed by atoms with Crippen molar-refractivity contribution >= 4 is 33.3 Å². The number of sulfonamides is 1. The van der Waals surface area contributed by atoms with Crippen LogP contribution < -0.4 is 14.8 Å². The Morgan fingerprint density at radius 2 is 1.81 bits per heavy atom. The highest BCUT2D eigenvalue weighted by Crippen LogP contribution is 2.30. The minimum atomic E-state index is -4.03. The minimum absolute atomic E-state index is 0.102. The zero-order chi connectivity index (χ0) is 30.4. The molecular weight excluding hydrogens is 563 g/mol. The van der Waals surface area contributed by atoms with Gasteiger partial charge in [-0.05, 0) is 61.5 Å². The normalized spacial score (nSPS) is 18.0. The third-order valence-corrected chi connectivity index (χ3v) is 8.52. The van der Waals surface area contributed by atoms with E-state index in [9.17, 15) is 27.5 Å². The Labute approximate surface area is 245 Å². The molecule has 0 spiro atoms. The molecule has 0 unspecified atom stereocenters. The number of nitrogens with one attached hydrogen (secondary N) is 2. The molecule has 0 radical (unpaired) electrons. The molecule has 10 nitrogen and oxygen atoms in total. The monoisotopic (exact) mass is 598 g/mol. The van der Waals surface area contributed by atoms with E-state index in [1.165, 1.54) is 17.0 Å². The fourth-order valence-corrected chi connectivity index (χ4v) is 5.68. The standard InChI is InChI=1S/C30H35FN4O6S/c1-20-17-35(21(2)19-36)29(37)16-22-15-25(33-42(39,40)26-12-9-23(31)10-13-26)11-14-27(22)41-28(20)18-34(3)30(38)32-24-7-5-4-6-8-24/h4-15,20-21,28,33,36H,16-19H2,1-3H3,(H,32,38)/t20-,21+,28+/m0/s1. The smallest absolute Gasteiger partial charge is 0.321 e. The Hall–Kier alpha value is -4.16. The SMILES string of the molecule is C[C@H](CO)N1C[C@H](C)[C@@H](CN(C)C(=O)Nc2ccccc2)Oc2ccc(NS(=O)(=O)c3ccc(F)cc3)cc2CC1=O. The lowest BCUT2D eigenvalue weighted by Crippen LogP contribution is -2.48. The molecular formula is C30H35FN4O6S. The van der Waals surface area contributed by atoms with Crippen molar-refractivity contribution in [2.45, 2.75) is 37.3 Å². The quantitative estimate of drug-likeness (QED) is 0.361. The van der Waals surface area contributed by atoms with Crippen LogP contribution in [0, 0.1) is 11.7 Å². The number of urea groups is 1. The average Bonchev–Trinajstić information content (AvgIpc) is 3.00. The first-order chi connectivity index (χ1) is 20.0. The second-order valence-electron chi connectivity index (χ2n) is 10.4. The van der Waals surface area contributed by atoms with Crippen molar-refractivity contribution < 1.29 is 32.2 Å². The van der Waals surface area contributed by atoms with Crippen LogP contribution in [0.4, 0.5) is 20.6 Å². The predicted octanol–water partition coefficient (Wildman–Crippen LogP) is 3.94. The topological polar surface area (TPSA) is 128 Å². The van der Waals surface area contributed by atoms with Crippen molar-refractivity contribution in [3.05, 3.63) is 84.2 Å². The molecule has 42 heavy (non-hydrogen) atoms. The molecule has 0 fully saturated rings. The van der Waals surface area contributed by atoms with Crippen LogP contribution >= 0.6 is 0 Å². The summed E-state index contributed by atoms with van der Waals surface area (Å²) >= 11 is 0. The van der Waals surface area contributed by atoms with Gasteiger partial charge < -0.3 is 25.0 Å². The number of carbonyl (C=O) groups excluding carboxylic acids is 2. The molecule has 1 aliphatic rings. The zero-order valence-electron chi connectivity index (χ0n) is 23.7. The first kappa shape index (κ1) is 30.8. The lowest BCUT2D eigenvalue weighted by atomic mass is 10.0. The molecule has 3 atom stereocenters. The van der Waals surface area contributed by atoms with E-state index in [2.05, 4.69) is 10.0 Å². The number of anilines is 2. The number of ether oxygens (including phenoxy) is 1. The maximum atomic E-state index is 13.4. The van der Waals surface area contributed by atoms with Crippen LogP contribution in [0.5, 0.6) is 5.75 Å². The zero-order valence-corrected chi connectivity index (χ0v) is 24.5. The van der Waals surface area contributed by atoms with Gasteiger partial charge in [0.1, 0.15) is 17.7 Å². The number of benzene rings is 3. The van der Waals surface area contributed by atoms with Crippen LogP contribution in [0.15, 0.2) is 77.7 Å². The van der Waals surface area contributed by atoms with E-state index in [-0.39, 0.29) is 54.6 Å². The molecule has 12 heteroatoms. The van der Waals surface area contributed by atoms with Crippen LogP contribution in [-0.4, -0.2) is 74.2 Å². The maximum Gasteiger partial charge on any atom is 0.321 e. The molecule has 3 N–H and O–H groups in total. The van der Waals surface area contributed by atoms with Crippen molar-refractivity contribution in [2.24, 2.45) is 5.92 Å². The summed E-state index contributed by atoms with van der Waals surface area (Å²) in [4.78, 5) is 29.3. The summed E-state index contributed by atoms with van der Waals surface area (Å²) in [6.45, 7) is 3.87. The predicted molar refractivity (Wildman–Crippen MR) is 157 cm³/mol. The molecule has 224 valence electrons. The van der Waals surface area contributed by atoms with E-state index in [0.29, 0.717) is 17.0 Å². The summed E-state index contributed by atoms with van der Waals surface area (Å²) in [7, 11) is -2.38. The molecule has 3 amide bonds. The number of fused-ring (bicyclic) bond motifs is 1. The molecule has 0 bridgehead atoms. The Bertz CT molecular complexity index is 1500. The van der Waals surface area contributed by atoms with Gasteiger partial charge in [-0.15, -0.1) is 0 Å². The molecule has 3 aromatic rings. The van der Waals surface area contributed by atoms with Gasteiger partial charge in [-0.3, -0.25) is 9.52 Å². The van der Waals surface area contributed by atoms with Gasteiger partial charge in [0.2, 0.25) is 5.91 Å². The minimum Gasteiger partial charge on any atom is -0.488 e. The summed E-state index contributed by atoms with van der Waals surface area (Å²) in [5, 5.41) is 12.7. The van der Waals surface area contributed by atoms with Gasteiger partial charge in [-0.1, -0.05) is 25.1 Å². The highest BCUT2D eigenvalue weighted by molar-refractivity contribution is 7.92. The Morgan fingerprint density at radius 3 is 2.48 bits per heavy atom. The number of para-hydroxylation sites is 1. The van der Waals surface area contributed by atoms with Crippen molar-refractivity contribution in [2.75, 3.05) is 36.8 Å². The van der Waals surface area contributed by atoms with Gasteiger partial charge in [0.15, 0.2) is 0 Å². The molecule has 3 aromatic carbocycles. The molecule has 0 saturated heterocycles. The van der Waals surface area contributed by atoms with Gasteiger partial charge in [0.25, 0.3) is 10.0 Å². The van der Waals surface area contributed by atoms with E-state index >= 15 is 0 Å². The molecule has 1 heterocycles. The second kappa shape index (κ2) is 13.2. The number of likely N-dealkylation sites (N-methyl/N-ethyl adjacent to an activating group) is 1. The van der Waals surface area contributed by atoms with E-state index in [4.69, 9.17) is 4.74 Å². The fourth-order valence-electron chi connectivity index (χ4n) is 4.63. The molecule has 0 saturated carbocycles. The van der Waals surface area contributed by atoms with Crippen LogP contribution in [-0.2, 0) is 21.2 Å². The lowest BCUT2D eigenvalue weighted by Gasteiger charge is -2.34. The number of nitrogens with zero attached hydrogens (tertiary/aromatic N) is 2. The van der Waals surface area contributed by atoms with E-state index in [1.807, 2.05) is 25.1 Å². The molecule has 0 aromatic heterocycles. The van der Waals surface area contributed by atoms with Gasteiger partial charge in [0.05, 0.1) is 30.5 Å². The number of hydrogen-bond donors (Lipinski definition) is 3. The first-order valence-corrected chi connectivity index (χ1v) is 15.0. The summed E-state index contributed by atoms with van der Waals surface area (Å²) in [6.07, 6.45) is -0.647. The van der Waals surface area contributed by atoms with E-state index < -0.39 is 28.0 Å². The third-order valence-electron chi connectivity index (χ3n) is 7.12. The van der Waals surface area contributed by atoms with Crippen LogP contribution in [0.1, 0.15) is 19.4 Å². The number of aliphatic hydroxyl groups is 1. The van der Waals surface area contributed by atoms with Crippen molar-refractivity contribution in [3.63, 3.8) is 0 Å². The van der Waals surface area contributed by atoms with Gasteiger partial charge in [0, 0.05) is 36.4 Å². The lowest BCUT2D eigenvalue weighted by molar-refractivity contribution is -0.134. The maximum absolute atomic E-state index is 13.4. The number of rotatable bonds is 8. The van der Waals surface area contributed by atoms with Crippen molar-refractivity contribution in [1.82, 2.24) is 9.80 Å².